The van der Waals surface area contributed by atoms with Crippen LogP contribution >= 0.6 is 0 Å². The Bertz CT molecular complexity index is 524. The summed E-state index contributed by atoms with van der Waals surface area (Å²) in [5.41, 5.74) is 7.10. The molecule has 1 aromatic carbocycles. The number of ether oxygens (including phenoxy) is 1. The molecule has 2 aromatic rings. The minimum absolute atomic E-state index is 0.356. The van der Waals surface area contributed by atoms with Crippen molar-refractivity contribution in [1.29, 1.82) is 0 Å². The minimum Gasteiger partial charge on any atom is -0.497 e. The van der Waals surface area contributed by atoms with Gasteiger partial charge in [0.15, 0.2) is 0 Å². The predicted octanol–water partition coefficient (Wildman–Crippen LogP) is 1.18. The topological polar surface area (TPSA) is 66.0 Å². The lowest BCUT2D eigenvalue weighted by Gasteiger charge is -2.14. The molecule has 1 aromatic heterocycles. The van der Waals surface area contributed by atoms with Gasteiger partial charge in [0.25, 0.3) is 0 Å². The molecule has 1 atom stereocenters. The molecule has 5 nitrogen and oxygen atoms in total. The molecule has 2 N–H and O–H groups in total. The van der Waals surface area contributed by atoms with Crippen LogP contribution in [0.5, 0.6) is 5.75 Å². The maximum Gasteiger partial charge on any atom is 0.138 e. The number of hydrogen-bond acceptors (Lipinski definition) is 4. The lowest BCUT2D eigenvalue weighted by molar-refractivity contribution is 0.413. The Morgan fingerprint density at radius 2 is 2.21 bits per heavy atom. The van der Waals surface area contributed by atoms with Gasteiger partial charge in [-0.1, -0.05) is 12.1 Å². The van der Waals surface area contributed by atoms with Crippen molar-refractivity contribution in [3.8, 4) is 5.75 Å². The Morgan fingerprint density at radius 3 is 2.84 bits per heavy atom. The zero-order valence-electron chi connectivity index (χ0n) is 11.4. The van der Waals surface area contributed by atoms with Gasteiger partial charge in [-0.3, -0.25) is 4.68 Å². The minimum atomic E-state index is 0.356. The summed E-state index contributed by atoms with van der Waals surface area (Å²) in [7, 11) is 3.58. The van der Waals surface area contributed by atoms with E-state index in [2.05, 4.69) is 22.2 Å². The summed E-state index contributed by atoms with van der Waals surface area (Å²) in [6.07, 6.45) is 3.33. The van der Waals surface area contributed by atoms with Crippen LogP contribution in [0.25, 0.3) is 0 Å². The Labute approximate surface area is 113 Å². The van der Waals surface area contributed by atoms with E-state index in [0.29, 0.717) is 12.5 Å². The molecule has 0 aliphatic carbocycles. The first kappa shape index (κ1) is 13.5. The van der Waals surface area contributed by atoms with E-state index in [-0.39, 0.29) is 0 Å². The van der Waals surface area contributed by atoms with E-state index in [1.54, 1.807) is 18.1 Å². The second kappa shape index (κ2) is 6.33. The Morgan fingerprint density at radius 1 is 1.37 bits per heavy atom. The van der Waals surface area contributed by atoms with Gasteiger partial charge in [-0.15, -0.1) is 0 Å². The zero-order chi connectivity index (χ0) is 13.7. The number of rotatable bonds is 6. The highest BCUT2D eigenvalue weighted by Gasteiger charge is 2.12. The first-order valence-corrected chi connectivity index (χ1v) is 6.38. The third-order valence-corrected chi connectivity index (χ3v) is 3.27. The molecule has 19 heavy (non-hydrogen) atoms. The Kier molecular flexibility index (Phi) is 4.52. The number of methoxy groups -OCH3 is 1. The van der Waals surface area contributed by atoms with Gasteiger partial charge in [0.2, 0.25) is 0 Å². The number of benzene rings is 1. The molecule has 0 aliphatic rings. The third-order valence-electron chi connectivity index (χ3n) is 3.27. The van der Waals surface area contributed by atoms with Gasteiger partial charge in [-0.2, -0.15) is 5.10 Å². The van der Waals surface area contributed by atoms with E-state index in [4.69, 9.17) is 10.5 Å². The molecule has 0 amide bonds. The molecule has 0 spiro atoms. The molecule has 0 saturated carbocycles. The average molecular weight is 260 g/mol. The maximum atomic E-state index is 5.87. The fraction of sp³-hybridized carbons (Fsp3) is 0.429. The summed E-state index contributed by atoms with van der Waals surface area (Å²) >= 11 is 0. The van der Waals surface area contributed by atoms with E-state index in [1.165, 1.54) is 5.56 Å². The average Bonchev–Trinajstić information content (AvgIpc) is 2.83. The molecule has 2 rings (SSSR count). The number of nitrogens with two attached hydrogens (primary N) is 1. The lowest BCUT2D eigenvalue weighted by atomic mass is 9.96. The molecule has 5 heteroatoms. The van der Waals surface area contributed by atoms with Crippen molar-refractivity contribution in [2.75, 3.05) is 13.7 Å². The molecule has 0 aliphatic heterocycles. The molecular weight excluding hydrogens is 240 g/mol. The van der Waals surface area contributed by atoms with E-state index < -0.39 is 0 Å². The second-order valence-corrected chi connectivity index (χ2v) is 4.66. The van der Waals surface area contributed by atoms with Crippen molar-refractivity contribution in [3.05, 3.63) is 42.0 Å². The fourth-order valence-electron chi connectivity index (χ4n) is 2.13. The van der Waals surface area contributed by atoms with Gasteiger partial charge in [0.1, 0.15) is 17.9 Å². The van der Waals surface area contributed by atoms with Gasteiger partial charge < -0.3 is 10.5 Å². The van der Waals surface area contributed by atoms with Crippen molar-refractivity contribution < 1.29 is 4.74 Å². The number of aromatic nitrogens is 3. The molecule has 0 saturated heterocycles. The molecule has 1 unspecified atom stereocenters. The van der Waals surface area contributed by atoms with Crippen LogP contribution in [-0.4, -0.2) is 28.4 Å². The van der Waals surface area contributed by atoms with Crippen molar-refractivity contribution in [2.24, 2.45) is 18.7 Å². The molecule has 0 radical (unpaired) electrons. The summed E-state index contributed by atoms with van der Waals surface area (Å²) in [6.45, 7) is 0.629. The number of aryl methyl sites for hydroxylation is 1. The summed E-state index contributed by atoms with van der Waals surface area (Å²) in [4.78, 5) is 4.25. The Balaban J connectivity index is 2.04. The molecule has 1 heterocycles. The summed E-state index contributed by atoms with van der Waals surface area (Å²) in [5, 5.41) is 4.08. The highest BCUT2D eigenvalue weighted by Crippen LogP contribution is 2.17. The molecular formula is C14H20N4O. The van der Waals surface area contributed by atoms with Crippen molar-refractivity contribution in [3.63, 3.8) is 0 Å². The van der Waals surface area contributed by atoms with Gasteiger partial charge in [-0.25, -0.2) is 4.98 Å². The third kappa shape index (κ3) is 3.54. The first-order valence-electron chi connectivity index (χ1n) is 6.38. The van der Waals surface area contributed by atoms with E-state index in [1.807, 2.05) is 19.2 Å². The van der Waals surface area contributed by atoms with E-state index in [0.717, 1.165) is 24.4 Å². The Hall–Kier alpha value is -1.88. The van der Waals surface area contributed by atoms with Crippen LogP contribution in [0, 0.1) is 5.92 Å². The van der Waals surface area contributed by atoms with Crippen molar-refractivity contribution >= 4 is 0 Å². The first-order chi connectivity index (χ1) is 9.22. The zero-order valence-corrected chi connectivity index (χ0v) is 11.4. The summed E-state index contributed by atoms with van der Waals surface area (Å²) in [6, 6.07) is 8.11. The highest BCUT2D eigenvalue weighted by molar-refractivity contribution is 5.28. The lowest BCUT2D eigenvalue weighted by Crippen LogP contribution is -2.21. The van der Waals surface area contributed by atoms with Crippen LogP contribution in [-0.2, 0) is 19.9 Å². The second-order valence-electron chi connectivity index (χ2n) is 4.66. The van der Waals surface area contributed by atoms with Gasteiger partial charge in [0.05, 0.1) is 7.11 Å². The normalized spacial score (nSPS) is 12.4. The fourth-order valence-corrected chi connectivity index (χ4v) is 2.13. The van der Waals surface area contributed by atoms with Crippen LogP contribution in [0.2, 0.25) is 0 Å². The molecule has 0 fully saturated rings. The number of nitrogens with zero attached hydrogens (tertiary/aromatic N) is 3. The van der Waals surface area contributed by atoms with Crippen LogP contribution in [0.4, 0.5) is 0 Å². The number of hydrogen-bond donors (Lipinski definition) is 1. The smallest absolute Gasteiger partial charge is 0.138 e. The van der Waals surface area contributed by atoms with E-state index in [9.17, 15) is 0 Å². The summed E-state index contributed by atoms with van der Waals surface area (Å²) < 4.78 is 7.04. The van der Waals surface area contributed by atoms with Crippen LogP contribution in [0.1, 0.15) is 11.4 Å². The predicted molar refractivity (Wildman–Crippen MR) is 73.9 cm³/mol. The molecule has 0 bridgehead atoms. The van der Waals surface area contributed by atoms with Crippen molar-refractivity contribution in [1.82, 2.24) is 14.8 Å². The standard InChI is InChI=1S/C14H20N4O/c1-18-14(16-10-17-18)8-12(9-15)6-11-4-3-5-13(7-11)19-2/h3-5,7,10,12H,6,8-9,15H2,1-2H3. The van der Waals surface area contributed by atoms with Gasteiger partial charge >= 0.3 is 0 Å². The quantitative estimate of drug-likeness (QED) is 0.847. The van der Waals surface area contributed by atoms with E-state index >= 15 is 0 Å². The van der Waals surface area contributed by atoms with Crippen LogP contribution in [0.15, 0.2) is 30.6 Å². The van der Waals surface area contributed by atoms with Crippen molar-refractivity contribution in [2.45, 2.75) is 12.8 Å². The SMILES string of the molecule is COc1cccc(CC(CN)Cc2ncnn2C)c1. The van der Waals surface area contributed by atoms with Crippen LogP contribution in [0.3, 0.4) is 0 Å². The van der Waals surface area contributed by atoms with Gasteiger partial charge in [0, 0.05) is 13.5 Å². The monoisotopic (exact) mass is 260 g/mol. The van der Waals surface area contributed by atoms with Gasteiger partial charge in [-0.05, 0) is 36.6 Å². The molecule has 102 valence electrons. The maximum absolute atomic E-state index is 5.87. The van der Waals surface area contributed by atoms with Crippen LogP contribution < -0.4 is 10.5 Å². The highest BCUT2D eigenvalue weighted by atomic mass is 16.5. The largest absolute Gasteiger partial charge is 0.497 e. The summed E-state index contributed by atoms with van der Waals surface area (Å²) in [5.74, 6) is 2.21.